The second-order valence-electron chi connectivity index (χ2n) is 8.85. The fraction of sp³-hybridized carbons (Fsp3) is 0.269. The SMILES string of the molecule is CC(C)(c1ccc(Oc2cccc(C(=O)NO)n2)cc1)c1ccc(O[C@H]2C[C@H](OC(N)=O)C2)cc1. The van der Waals surface area contributed by atoms with Crippen molar-refractivity contribution in [3.05, 3.63) is 83.6 Å². The topological polar surface area (TPSA) is 133 Å². The van der Waals surface area contributed by atoms with Crippen molar-refractivity contribution in [2.45, 2.75) is 44.3 Å². The molecule has 4 N–H and O–H groups in total. The van der Waals surface area contributed by atoms with Gasteiger partial charge in [0.05, 0.1) is 0 Å². The molecule has 0 saturated heterocycles. The lowest BCUT2D eigenvalue weighted by Crippen LogP contribution is -2.41. The number of hydroxylamine groups is 1. The van der Waals surface area contributed by atoms with Crippen LogP contribution in [0.3, 0.4) is 0 Å². The number of primary amides is 1. The van der Waals surface area contributed by atoms with E-state index in [1.165, 1.54) is 6.07 Å². The predicted octanol–water partition coefficient (Wildman–Crippen LogP) is 4.32. The Bertz CT molecular complexity index is 1190. The minimum atomic E-state index is -0.752. The molecule has 0 spiro atoms. The zero-order chi connectivity index (χ0) is 25.0. The Balaban J connectivity index is 1.38. The molecule has 35 heavy (non-hydrogen) atoms. The first kappa shape index (κ1) is 24.0. The van der Waals surface area contributed by atoms with Crippen LogP contribution in [0.1, 0.15) is 48.3 Å². The van der Waals surface area contributed by atoms with Gasteiger partial charge in [0.25, 0.3) is 5.91 Å². The molecule has 3 aromatic rings. The van der Waals surface area contributed by atoms with E-state index in [-0.39, 0.29) is 29.2 Å². The zero-order valence-corrected chi connectivity index (χ0v) is 19.4. The molecule has 0 radical (unpaired) electrons. The molecule has 9 nitrogen and oxygen atoms in total. The Labute approximate surface area is 202 Å². The van der Waals surface area contributed by atoms with Crippen LogP contribution in [-0.4, -0.2) is 34.4 Å². The van der Waals surface area contributed by atoms with Gasteiger partial charge in [-0.2, -0.15) is 0 Å². The van der Waals surface area contributed by atoms with Gasteiger partial charge in [0, 0.05) is 24.3 Å². The van der Waals surface area contributed by atoms with Gasteiger partial charge in [0.15, 0.2) is 0 Å². The standard InChI is InChI=1S/C26H27N3O6/c1-26(2,16-6-10-18(11-7-16)33-20-14-21(15-20)35-25(27)31)17-8-12-19(13-9-17)34-23-5-3-4-22(28-23)24(30)29-32/h3-13,20-21,32H,14-15H2,1-2H3,(H2,27,31)(H,29,30)/t20-,21-. The predicted molar refractivity (Wildman–Crippen MR) is 127 cm³/mol. The maximum absolute atomic E-state index is 11.5. The van der Waals surface area contributed by atoms with E-state index in [1.54, 1.807) is 17.6 Å². The molecule has 182 valence electrons. The molecular weight excluding hydrogens is 450 g/mol. The van der Waals surface area contributed by atoms with E-state index >= 15 is 0 Å². The Morgan fingerprint density at radius 2 is 1.54 bits per heavy atom. The molecule has 1 saturated carbocycles. The fourth-order valence-corrected chi connectivity index (χ4v) is 3.90. The maximum Gasteiger partial charge on any atom is 0.404 e. The van der Waals surface area contributed by atoms with Gasteiger partial charge in [-0.3, -0.25) is 10.0 Å². The summed E-state index contributed by atoms with van der Waals surface area (Å²) in [4.78, 5) is 26.4. The highest BCUT2D eigenvalue weighted by molar-refractivity contribution is 5.91. The number of nitrogens with one attached hydrogen (secondary N) is 1. The van der Waals surface area contributed by atoms with Crippen LogP contribution in [0.15, 0.2) is 66.7 Å². The minimum absolute atomic E-state index is 0.0129. The number of pyridine rings is 1. The zero-order valence-electron chi connectivity index (χ0n) is 19.4. The molecule has 1 aromatic heterocycles. The quantitative estimate of drug-likeness (QED) is 0.325. The number of hydrogen-bond acceptors (Lipinski definition) is 7. The van der Waals surface area contributed by atoms with E-state index in [0.29, 0.717) is 18.6 Å². The first-order valence-corrected chi connectivity index (χ1v) is 11.2. The van der Waals surface area contributed by atoms with Crippen LogP contribution in [0.4, 0.5) is 4.79 Å². The lowest BCUT2D eigenvalue weighted by atomic mass is 9.78. The number of carbonyl (C=O) groups excluding carboxylic acids is 2. The lowest BCUT2D eigenvalue weighted by Gasteiger charge is -2.34. The number of nitrogens with two attached hydrogens (primary N) is 1. The van der Waals surface area contributed by atoms with Gasteiger partial charge >= 0.3 is 6.09 Å². The Hall–Kier alpha value is -4.11. The summed E-state index contributed by atoms with van der Waals surface area (Å²) in [6.45, 7) is 4.27. The number of rotatable bonds is 8. The van der Waals surface area contributed by atoms with Crippen molar-refractivity contribution in [1.29, 1.82) is 0 Å². The van der Waals surface area contributed by atoms with Gasteiger partial charge in [-0.1, -0.05) is 44.2 Å². The van der Waals surface area contributed by atoms with Crippen molar-refractivity contribution >= 4 is 12.0 Å². The van der Waals surface area contributed by atoms with E-state index < -0.39 is 12.0 Å². The number of nitrogens with zero attached hydrogens (tertiary/aromatic N) is 1. The van der Waals surface area contributed by atoms with Crippen LogP contribution < -0.4 is 20.7 Å². The van der Waals surface area contributed by atoms with Crippen LogP contribution in [0.2, 0.25) is 0 Å². The van der Waals surface area contributed by atoms with E-state index in [2.05, 4.69) is 18.8 Å². The normalized spacial score (nSPS) is 17.1. The summed E-state index contributed by atoms with van der Waals surface area (Å²) in [6.07, 6.45) is 0.372. The highest BCUT2D eigenvalue weighted by Crippen LogP contribution is 2.35. The molecule has 2 amide bonds. The molecule has 1 aliphatic carbocycles. The van der Waals surface area contributed by atoms with E-state index in [9.17, 15) is 9.59 Å². The number of hydrogen-bond donors (Lipinski definition) is 3. The van der Waals surface area contributed by atoms with Gasteiger partial charge in [-0.25, -0.2) is 15.3 Å². The van der Waals surface area contributed by atoms with Crippen molar-refractivity contribution in [1.82, 2.24) is 10.5 Å². The average molecular weight is 478 g/mol. The monoisotopic (exact) mass is 477 g/mol. The molecule has 2 aromatic carbocycles. The Kier molecular flexibility index (Phi) is 6.88. The summed E-state index contributed by atoms with van der Waals surface area (Å²) in [5, 5.41) is 8.77. The van der Waals surface area contributed by atoms with Crippen LogP contribution in [0.5, 0.6) is 17.4 Å². The molecule has 0 bridgehead atoms. The van der Waals surface area contributed by atoms with Crippen LogP contribution in [-0.2, 0) is 10.2 Å². The molecule has 1 aliphatic rings. The third kappa shape index (κ3) is 5.70. The highest BCUT2D eigenvalue weighted by atomic mass is 16.6. The molecule has 4 rings (SSSR count). The number of benzene rings is 2. The summed E-state index contributed by atoms with van der Waals surface area (Å²) in [7, 11) is 0. The third-order valence-electron chi connectivity index (χ3n) is 6.07. The molecule has 0 unspecified atom stereocenters. The van der Waals surface area contributed by atoms with Crippen LogP contribution in [0.25, 0.3) is 0 Å². The highest BCUT2D eigenvalue weighted by Gasteiger charge is 2.33. The van der Waals surface area contributed by atoms with E-state index in [4.69, 9.17) is 25.2 Å². The molecule has 9 heteroatoms. The van der Waals surface area contributed by atoms with Crippen LogP contribution >= 0.6 is 0 Å². The average Bonchev–Trinajstić information content (AvgIpc) is 2.83. The molecule has 0 atom stereocenters. The van der Waals surface area contributed by atoms with Gasteiger partial charge in [-0.15, -0.1) is 0 Å². The van der Waals surface area contributed by atoms with Crippen molar-refractivity contribution < 1.29 is 29.0 Å². The van der Waals surface area contributed by atoms with Gasteiger partial charge in [0.2, 0.25) is 5.88 Å². The van der Waals surface area contributed by atoms with Crippen molar-refractivity contribution in [2.75, 3.05) is 0 Å². The summed E-state index contributed by atoms with van der Waals surface area (Å²) in [5.41, 5.74) is 8.57. The fourth-order valence-electron chi connectivity index (χ4n) is 3.90. The Morgan fingerprint density at radius 1 is 0.943 bits per heavy atom. The van der Waals surface area contributed by atoms with E-state index in [0.717, 1.165) is 16.9 Å². The first-order valence-electron chi connectivity index (χ1n) is 11.2. The summed E-state index contributed by atoms with van der Waals surface area (Å²) in [6, 6.07) is 20.3. The Morgan fingerprint density at radius 3 is 2.11 bits per heavy atom. The molecule has 0 aliphatic heterocycles. The molecule has 1 heterocycles. The third-order valence-corrected chi connectivity index (χ3v) is 6.07. The van der Waals surface area contributed by atoms with Crippen LogP contribution in [0, 0.1) is 0 Å². The lowest BCUT2D eigenvalue weighted by molar-refractivity contribution is -0.0197. The summed E-state index contributed by atoms with van der Waals surface area (Å²) < 4.78 is 16.7. The molecular formula is C26H27N3O6. The van der Waals surface area contributed by atoms with Gasteiger partial charge < -0.3 is 19.9 Å². The first-order chi connectivity index (χ1) is 16.7. The minimum Gasteiger partial charge on any atom is -0.490 e. The largest absolute Gasteiger partial charge is 0.490 e. The smallest absolute Gasteiger partial charge is 0.404 e. The second kappa shape index (κ2) is 10.0. The molecule has 1 fully saturated rings. The van der Waals surface area contributed by atoms with E-state index in [1.807, 2.05) is 48.5 Å². The summed E-state index contributed by atoms with van der Waals surface area (Å²) in [5.74, 6) is 0.868. The van der Waals surface area contributed by atoms with Crippen molar-refractivity contribution in [3.63, 3.8) is 0 Å². The summed E-state index contributed by atoms with van der Waals surface area (Å²) >= 11 is 0. The maximum atomic E-state index is 11.5. The van der Waals surface area contributed by atoms with Gasteiger partial charge in [0.1, 0.15) is 29.4 Å². The van der Waals surface area contributed by atoms with Gasteiger partial charge in [-0.05, 0) is 41.5 Å². The number of ether oxygens (including phenoxy) is 3. The number of carbonyl (C=O) groups is 2. The number of aromatic nitrogens is 1. The second-order valence-corrected chi connectivity index (χ2v) is 8.85. The van der Waals surface area contributed by atoms with Crippen molar-refractivity contribution in [2.24, 2.45) is 5.73 Å². The number of amides is 2. The van der Waals surface area contributed by atoms with Crippen molar-refractivity contribution in [3.8, 4) is 17.4 Å².